The predicted octanol–water partition coefficient (Wildman–Crippen LogP) is 2.91. The van der Waals surface area contributed by atoms with E-state index in [0.717, 1.165) is 44.5 Å². The topological polar surface area (TPSA) is 70.0 Å². The Morgan fingerprint density at radius 3 is 2.92 bits per heavy atom. The fraction of sp³-hybridized carbons (Fsp3) is 0.600. The number of nitrogens with zero attached hydrogens (tertiary/aromatic N) is 4. The molecule has 3 rings (SSSR count). The third-order valence-corrected chi connectivity index (χ3v) is 5.16. The van der Waals surface area contributed by atoms with Crippen LogP contribution in [-0.2, 0) is 11.3 Å². The van der Waals surface area contributed by atoms with Crippen LogP contribution >= 0.6 is 0 Å². The molecule has 2 aliphatic rings. The number of carbonyl (C=O) groups is 1. The molecular formula is C20H27N5O. The number of terminal acetylenes is 1. The van der Waals surface area contributed by atoms with Crippen LogP contribution in [0.15, 0.2) is 34.6 Å². The first-order valence-corrected chi connectivity index (χ1v) is 9.50. The van der Waals surface area contributed by atoms with Gasteiger partial charge in [-0.05, 0) is 44.5 Å². The first-order valence-electron chi connectivity index (χ1n) is 9.50. The third kappa shape index (κ3) is 5.12. The quantitative estimate of drug-likeness (QED) is 0.731. The highest BCUT2D eigenvalue weighted by molar-refractivity contribution is 5.76. The van der Waals surface area contributed by atoms with E-state index in [0.29, 0.717) is 25.8 Å². The number of rotatable bonds is 8. The maximum absolute atomic E-state index is 13.1. The summed E-state index contributed by atoms with van der Waals surface area (Å²) in [5.41, 5.74) is 0.532. The number of hydrogen-bond donors (Lipinski definition) is 1. The van der Waals surface area contributed by atoms with Gasteiger partial charge >= 0.3 is 0 Å². The zero-order chi connectivity index (χ0) is 18.2. The zero-order valence-electron chi connectivity index (χ0n) is 15.2. The molecule has 0 radical (unpaired) electrons. The molecular weight excluding hydrogens is 326 g/mol. The minimum Gasteiger partial charge on any atom is -0.334 e. The Kier molecular flexibility index (Phi) is 6.35. The van der Waals surface area contributed by atoms with Gasteiger partial charge in [0.15, 0.2) is 5.66 Å². The van der Waals surface area contributed by atoms with Crippen LogP contribution in [0.4, 0.5) is 0 Å². The summed E-state index contributed by atoms with van der Waals surface area (Å²) in [6.07, 6.45) is 12.7. The van der Waals surface area contributed by atoms with Crippen molar-refractivity contribution in [2.75, 3.05) is 13.1 Å². The van der Waals surface area contributed by atoms with Crippen LogP contribution in [0.25, 0.3) is 0 Å². The van der Waals surface area contributed by atoms with Crippen LogP contribution in [0, 0.1) is 12.3 Å². The molecule has 1 saturated heterocycles. The van der Waals surface area contributed by atoms with Crippen LogP contribution in [0.5, 0.6) is 0 Å². The molecule has 3 heterocycles. The van der Waals surface area contributed by atoms with Crippen molar-refractivity contribution in [1.29, 1.82) is 0 Å². The second kappa shape index (κ2) is 8.91. The van der Waals surface area contributed by atoms with Crippen molar-refractivity contribution in [2.24, 2.45) is 10.2 Å². The molecule has 0 spiro atoms. The van der Waals surface area contributed by atoms with E-state index in [2.05, 4.69) is 26.4 Å². The maximum atomic E-state index is 13.1. The van der Waals surface area contributed by atoms with Crippen LogP contribution in [0.3, 0.4) is 0 Å². The summed E-state index contributed by atoms with van der Waals surface area (Å²) in [4.78, 5) is 19.5. The Balaban J connectivity index is 1.63. The summed E-state index contributed by atoms with van der Waals surface area (Å²) in [5, 5.41) is 11.7. The first-order chi connectivity index (χ1) is 12.7. The Bertz CT molecular complexity index is 653. The highest BCUT2D eigenvalue weighted by Crippen LogP contribution is 2.38. The van der Waals surface area contributed by atoms with Gasteiger partial charge in [-0.15, -0.1) is 12.3 Å². The number of pyridine rings is 1. The second-order valence-electron chi connectivity index (χ2n) is 7.06. The fourth-order valence-corrected chi connectivity index (χ4v) is 3.52. The standard InChI is InChI=1S/C20H27N5O/c1-2-3-11-20(23-24-20)12-9-19(26)25(16-17-7-4-5-14-22-17)18-8-6-13-21-15-10-18/h1,4-5,7,14,18,21H,3,6,8-13,15-16H2. The van der Waals surface area contributed by atoms with Crippen LogP contribution in [0.1, 0.15) is 50.6 Å². The maximum Gasteiger partial charge on any atom is 0.223 e. The summed E-state index contributed by atoms with van der Waals surface area (Å²) < 4.78 is 0. The van der Waals surface area contributed by atoms with Crippen LogP contribution in [-0.4, -0.2) is 40.6 Å². The van der Waals surface area contributed by atoms with E-state index in [4.69, 9.17) is 6.42 Å². The van der Waals surface area contributed by atoms with Crippen molar-refractivity contribution in [3.8, 4) is 12.3 Å². The number of amides is 1. The molecule has 6 nitrogen and oxygen atoms in total. The highest BCUT2D eigenvalue weighted by atomic mass is 16.2. The van der Waals surface area contributed by atoms with Crippen molar-refractivity contribution >= 4 is 5.91 Å². The van der Waals surface area contributed by atoms with E-state index in [1.54, 1.807) is 6.20 Å². The molecule has 138 valence electrons. The molecule has 0 aliphatic carbocycles. The number of hydrogen-bond acceptors (Lipinski definition) is 5. The largest absolute Gasteiger partial charge is 0.334 e. The van der Waals surface area contributed by atoms with Crippen LogP contribution < -0.4 is 5.32 Å². The van der Waals surface area contributed by atoms with Crippen LogP contribution in [0.2, 0.25) is 0 Å². The van der Waals surface area contributed by atoms with Crippen molar-refractivity contribution < 1.29 is 4.79 Å². The first kappa shape index (κ1) is 18.5. The van der Waals surface area contributed by atoms with Gasteiger partial charge in [0.2, 0.25) is 5.91 Å². The Morgan fingerprint density at radius 2 is 2.19 bits per heavy atom. The molecule has 6 heteroatoms. The van der Waals surface area contributed by atoms with Crippen molar-refractivity contribution in [2.45, 2.75) is 63.2 Å². The number of aromatic nitrogens is 1. The SMILES string of the molecule is C#CCCC1(CCC(=O)N(Cc2ccccn2)C2CCCNCC2)N=N1. The molecule has 1 unspecified atom stereocenters. The number of nitrogens with one attached hydrogen (secondary N) is 1. The molecule has 1 aromatic heterocycles. The smallest absolute Gasteiger partial charge is 0.223 e. The average Bonchev–Trinajstić information content (AvgIpc) is 3.48. The van der Waals surface area contributed by atoms with Gasteiger partial charge in [0.25, 0.3) is 0 Å². The minimum absolute atomic E-state index is 0.167. The molecule has 1 amide bonds. The second-order valence-corrected chi connectivity index (χ2v) is 7.06. The van der Waals surface area contributed by atoms with Gasteiger partial charge < -0.3 is 10.2 Å². The van der Waals surface area contributed by atoms with Gasteiger partial charge in [-0.25, -0.2) is 0 Å². The summed E-state index contributed by atoms with van der Waals surface area (Å²) in [7, 11) is 0. The Labute approximate surface area is 155 Å². The van der Waals surface area contributed by atoms with Crippen molar-refractivity contribution in [3.63, 3.8) is 0 Å². The van der Waals surface area contributed by atoms with Gasteiger partial charge in [-0.2, -0.15) is 10.2 Å². The molecule has 1 atom stereocenters. The molecule has 0 saturated carbocycles. The molecule has 0 aromatic carbocycles. The fourth-order valence-electron chi connectivity index (χ4n) is 3.52. The van der Waals surface area contributed by atoms with Gasteiger partial charge in [-0.3, -0.25) is 9.78 Å². The van der Waals surface area contributed by atoms with E-state index in [1.165, 1.54) is 0 Å². The summed E-state index contributed by atoms with van der Waals surface area (Å²) >= 11 is 0. The monoisotopic (exact) mass is 353 g/mol. The average molecular weight is 353 g/mol. The normalized spacial score (nSPS) is 20.8. The van der Waals surface area contributed by atoms with E-state index in [-0.39, 0.29) is 11.9 Å². The Morgan fingerprint density at radius 1 is 1.31 bits per heavy atom. The highest BCUT2D eigenvalue weighted by Gasteiger charge is 2.40. The molecule has 0 bridgehead atoms. The summed E-state index contributed by atoms with van der Waals surface area (Å²) in [6.45, 7) is 2.54. The van der Waals surface area contributed by atoms with Gasteiger partial charge in [0, 0.05) is 37.9 Å². The van der Waals surface area contributed by atoms with Crippen molar-refractivity contribution in [3.05, 3.63) is 30.1 Å². The minimum atomic E-state index is -0.399. The van der Waals surface area contributed by atoms with E-state index >= 15 is 0 Å². The molecule has 2 aliphatic heterocycles. The van der Waals surface area contributed by atoms with Crippen molar-refractivity contribution in [1.82, 2.24) is 15.2 Å². The van der Waals surface area contributed by atoms with E-state index < -0.39 is 5.66 Å². The predicted molar refractivity (Wildman–Crippen MR) is 100 cm³/mol. The van der Waals surface area contributed by atoms with Gasteiger partial charge in [-0.1, -0.05) is 6.07 Å². The zero-order valence-corrected chi connectivity index (χ0v) is 15.2. The van der Waals surface area contributed by atoms with Gasteiger partial charge in [0.05, 0.1) is 12.2 Å². The summed E-state index contributed by atoms with van der Waals surface area (Å²) in [6, 6.07) is 6.11. The van der Waals surface area contributed by atoms with E-state index in [1.807, 2.05) is 23.1 Å². The van der Waals surface area contributed by atoms with Gasteiger partial charge in [0.1, 0.15) is 0 Å². The number of carbonyl (C=O) groups excluding carboxylic acids is 1. The lowest BCUT2D eigenvalue weighted by atomic mass is 10.0. The Hall–Kier alpha value is -2.26. The molecule has 1 N–H and O–H groups in total. The lowest BCUT2D eigenvalue weighted by Crippen LogP contribution is -2.41. The molecule has 1 aromatic rings. The lowest BCUT2D eigenvalue weighted by molar-refractivity contribution is -0.134. The molecule has 1 fully saturated rings. The lowest BCUT2D eigenvalue weighted by Gasteiger charge is -2.31. The molecule has 26 heavy (non-hydrogen) atoms. The summed E-state index contributed by atoms with van der Waals surface area (Å²) in [5.74, 6) is 2.80. The van der Waals surface area contributed by atoms with E-state index in [9.17, 15) is 4.79 Å². The third-order valence-electron chi connectivity index (χ3n) is 5.16.